The normalized spacial score (nSPS) is 14.7. The molecule has 0 aliphatic heterocycles. The molecule has 0 radical (unpaired) electrons. The fourth-order valence-electron chi connectivity index (χ4n) is 4.71. The lowest BCUT2D eigenvalue weighted by Gasteiger charge is -2.34. The van der Waals surface area contributed by atoms with E-state index < -0.39 is 28.5 Å². The molecule has 8 nitrogen and oxygen atoms in total. The number of benzene rings is 2. The lowest BCUT2D eigenvalue weighted by atomic mass is 10.1. The van der Waals surface area contributed by atoms with E-state index in [4.69, 9.17) is 27.9 Å². The first-order valence-corrected chi connectivity index (χ1v) is 15.2. The first-order valence-electron chi connectivity index (χ1n) is 12.6. The third-order valence-corrected chi connectivity index (χ3v) is 8.44. The van der Waals surface area contributed by atoms with Crippen molar-refractivity contribution in [2.24, 2.45) is 0 Å². The SMILES string of the molecule is CCC(C(=O)NC1CCCC1)N(Cc1ccc(Cl)cc1Cl)C(=O)CN(c1cc(C)ccc1OC)S(C)(=O)=O. The highest BCUT2D eigenvalue weighted by Gasteiger charge is 2.34. The number of carbonyl (C=O) groups excluding carboxylic acids is 2. The van der Waals surface area contributed by atoms with Crippen molar-refractivity contribution >= 4 is 50.7 Å². The van der Waals surface area contributed by atoms with E-state index in [-0.39, 0.29) is 24.2 Å². The maximum Gasteiger partial charge on any atom is 0.244 e. The van der Waals surface area contributed by atoms with Gasteiger partial charge in [-0.15, -0.1) is 0 Å². The van der Waals surface area contributed by atoms with E-state index in [0.717, 1.165) is 41.8 Å². The standard InChI is InChI=1S/C27H35Cl2N3O5S/c1-5-23(27(34)30-21-8-6-7-9-21)31(16-19-11-12-20(28)15-22(19)29)26(33)17-32(38(4,35)36)24-14-18(2)10-13-25(24)37-3/h10-15,21,23H,5-9,16-17H2,1-4H3,(H,30,34). The quantitative estimate of drug-likeness (QED) is 0.404. The summed E-state index contributed by atoms with van der Waals surface area (Å²) in [6.45, 7) is 3.13. The van der Waals surface area contributed by atoms with Gasteiger partial charge in [-0.3, -0.25) is 13.9 Å². The number of rotatable bonds is 11. The van der Waals surface area contributed by atoms with Crippen molar-refractivity contribution < 1.29 is 22.7 Å². The Morgan fingerprint density at radius 1 is 1.13 bits per heavy atom. The van der Waals surface area contributed by atoms with E-state index >= 15 is 0 Å². The molecule has 0 heterocycles. The van der Waals surface area contributed by atoms with Crippen LogP contribution in [0.5, 0.6) is 5.75 Å². The van der Waals surface area contributed by atoms with Crippen molar-refractivity contribution in [2.75, 3.05) is 24.2 Å². The second kappa shape index (κ2) is 13.0. The van der Waals surface area contributed by atoms with Crippen LogP contribution in [0.3, 0.4) is 0 Å². The molecule has 11 heteroatoms. The fraction of sp³-hybridized carbons (Fsp3) is 0.481. The summed E-state index contributed by atoms with van der Waals surface area (Å²) >= 11 is 12.5. The van der Waals surface area contributed by atoms with Gasteiger partial charge in [-0.2, -0.15) is 0 Å². The molecule has 0 aromatic heterocycles. The van der Waals surface area contributed by atoms with Crippen LogP contribution in [0.25, 0.3) is 0 Å². The summed E-state index contributed by atoms with van der Waals surface area (Å²) < 4.78 is 32.2. The Kier molecular flexibility index (Phi) is 10.3. The van der Waals surface area contributed by atoms with Gasteiger partial charge < -0.3 is 15.0 Å². The van der Waals surface area contributed by atoms with Gasteiger partial charge in [-0.1, -0.05) is 55.1 Å². The van der Waals surface area contributed by atoms with Gasteiger partial charge in [-0.05, 0) is 61.6 Å². The summed E-state index contributed by atoms with van der Waals surface area (Å²) in [4.78, 5) is 28.7. The lowest BCUT2D eigenvalue weighted by Crippen LogP contribution is -2.53. The summed E-state index contributed by atoms with van der Waals surface area (Å²) in [5.41, 5.74) is 1.64. The van der Waals surface area contributed by atoms with Crippen LogP contribution < -0.4 is 14.4 Å². The summed E-state index contributed by atoms with van der Waals surface area (Å²) in [5.74, 6) is -0.498. The molecular weight excluding hydrogens is 549 g/mol. The third kappa shape index (κ3) is 7.55. The zero-order valence-electron chi connectivity index (χ0n) is 22.2. The number of ether oxygens (including phenoxy) is 1. The molecule has 2 aromatic carbocycles. The number of sulfonamides is 1. The summed E-state index contributed by atoms with van der Waals surface area (Å²) in [5, 5.41) is 3.87. The van der Waals surface area contributed by atoms with E-state index in [1.54, 1.807) is 36.4 Å². The number of anilines is 1. The van der Waals surface area contributed by atoms with Crippen molar-refractivity contribution in [2.45, 2.75) is 64.6 Å². The third-order valence-electron chi connectivity index (χ3n) is 6.73. The Morgan fingerprint density at radius 3 is 2.39 bits per heavy atom. The Bertz CT molecular complexity index is 1270. The number of aryl methyl sites for hydroxylation is 1. The second-order valence-electron chi connectivity index (χ2n) is 9.62. The van der Waals surface area contributed by atoms with Crippen molar-refractivity contribution in [1.82, 2.24) is 10.2 Å². The van der Waals surface area contributed by atoms with Crippen molar-refractivity contribution in [3.8, 4) is 5.75 Å². The van der Waals surface area contributed by atoms with Crippen LogP contribution in [-0.4, -0.2) is 57.1 Å². The summed E-state index contributed by atoms with van der Waals surface area (Å²) in [7, 11) is -2.46. The van der Waals surface area contributed by atoms with Crippen molar-refractivity contribution in [3.05, 3.63) is 57.6 Å². The Labute approximate surface area is 235 Å². The van der Waals surface area contributed by atoms with Gasteiger partial charge in [0.05, 0.1) is 19.1 Å². The average Bonchev–Trinajstić information content (AvgIpc) is 3.35. The highest BCUT2D eigenvalue weighted by molar-refractivity contribution is 7.92. The molecule has 1 unspecified atom stereocenters. The van der Waals surface area contributed by atoms with Gasteiger partial charge in [0.15, 0.2) is 0 Å². The molecule has 2 aromatic rings. The first kappa shape index (κ1) is 30.1. The van der Waals surface area contributed by atoms with Crippen LogP contribution in [0.4, 0.5) is 5.69 Å². The number of hydrogen-bond donors (Lipinski definition) is 1. The van der Waals surface area contributed by atoms with E-state index in [9.17, 15) is 18.0 Å². The molecule has 0 spiro atoms. The number of hydrogen-bond acceptors (Lipinski definition) is 5. The highest BCUT2D eigenvalue weighted by atomic mass is 35.5. The van der Waals surface area contributed by atoms with Crippen LogP contribution in [0.1, 0.15) is 50.2 Å². The van der Waals surface area contributed by atoms with Gasteiger partial charge in [0.2, 0.25) is 21.8 Å². The van der Waals surface area contributed by atoms with Crippen molar-refractivity contribution in [1.29, 1.82) is 0 Å². The molecule has 1 atom stereocenters. The van der Waals surface area contributed by atoms with Crippen LogP contribution in [-0.2, 0) is 26.2 Å². The molecule has 2 amide bonds. The Hall–Kier alpha value is -2.49. The minimum atomic E-state index is -3.89. The van der Waals surface area contributed by atoms with Gasteiger partial charge in [0.25, 0.3) is 0 Å². The number of nitrogens with one attached hydrogen (secondary N) is 1. The van der Waals surface area contributed by atoms with Gasteiger partial charge in [0.1, 0.15) is 18.3 Å². The maximum atomic E-state index is 13.9. The van der Waals surface area contributed by atoms with Gasteiger partial charge in [0, 0.05) is 22.6 Å². The molecule has 3 rings (SSSR count). The predicted octanol–water partition coefficient (Wildman–Crippen LogP) is 4.94. The predicted molar refractivity (Wildman–Crippen MR) is 151 cm³/mol. The van der Waals surface area contributed by atoms with Crippen LogP contribution in [0, 0.1) is 6.92 Å². The fourth-order valence-corrected chi connectivity index (χ4v) is 6.02. The van der Waals surface area contributed by atoms with Crippen LogP contribution in [0.2, 0.25) is 10.0 Å². The monoisotopic (exact) mass is 583 g/mol. The first-order chi connectivity index (χ1) is 17.9. The van der Waals surface area contributed by atoms with Gasteiger partial charge in [-0.25, -0.2) is 8.42 Å². The largest absolute Gasteiger partial charge is 0.495 e. The van der Waals surface area contributed by atoms with E-state index in [1.807, 2.05) is 13.8 Å². The maximum absolute atomic E-state index is 13.9. The summed E-state index contributed by atoms with van der Waals surface area (Å²) in [6.07, 6.45) is 5.26. The molecule has 1 fully saturated rings. The van der Waals surface area contributed by atoms with Crippen LogP contribution >= 0.6 is 23.2 Å². The van der Waals surface area contributed by atoms with Crippen molar-refractivity contribution in [3.63, 3.8) is 0 Å². The number of methoxy groups -OCH3 is 1. The van der Waals surface area contributed by atoms with E-state index in [2.05, 4.69) is 5.32 Å². The number of carbonyl (C=O) groups is 2. The van der Waals surface area contributed by atoms with Gasteiger partial charge >= 0.3 is 0 Å². The Balaban J connectivity index is 2.00. The Morgan fingerprint density at radius 2 is 1.82 bits per heavy atom. The number of nitrogens with zero attached hydrogens (tertiary/aromatic N) is 2. The minimum Gasteiger partial charge on any atom is -0.495 e. The topological polar surface area (TPSA) is 96.0 Å². The molecule has 0 bridgehead atoms. The van der Waals surface area contributed by atoms with Crippen LogP contribution in [0.15, 0.2) is 36.4 Å². The number of halogens is 2. The molecule has 38 heavy (non-hydrogen) atoms. The zero-order valence-corrected chi connectivity index (χ0v) is 24.5. The zero-order chi connectivity index (χ0) is 28.0. The second-order valence-corrected chi connectivity index (χ2v) is 12.4. The smallest absolute Gasteiger partial charge is 0.244 e. The molecule has 1 N–H and O–H groups in total. The minimum absolute atomic E-state index is 0.00792. The molecule has 1 aliphatic rings. The molecular formula is C27H35Cl2N3O5S. The number of amides is 2. The van der Waals surface area contributed by atoms with E-state index in [0.29, 0.717) is 27.8 Å². The molecule has 0 saturated heterocycles. The molecule has 208 valence electrons. The highest BCUT2D eigenvalue weighted by Crippen LogP contribution is 2.32. The summed E-state index contributed by atoms with van der Waals surface area (Å²) in [6, 6.07) is 9.27. The van der Waals surface area contributed by atoms with E-state index in [1.165, 1.54) is 12.0 Å². The molecule has 1 aliphatic carbocycles. The molecule has 1 saturated carbocycles. The lowest BCUT2D eigenvalue weighted by molar-refractivity contribution is -0.140. The average molecular weight is 585 g/mol.